The molecule has 2 aliphatic rings. The van der Waals surface area contributed by atoms with E-state index >= 15 is 0 Å². The Bertz CT molecular complexity index is 1810. The van der Waals surface area contributed by atoms with Crippen molar-refractivity contribution in [1.82, 2.24) is 0 Å². The predicted molar refractivity (Wildman–Crippen MR) is 182 cm³/mol. The van der Waals surface area contributed by atoms with Crippen molar-refractivity contribution >= 4 is 17.1 Å². The molecule has 6 aromatic rings. The van der Waals surface area contributed by atoms with Crippen molar-refractivity contribution < 1.29 is 0 Å². The van der Waals surface area contributed by atoms with Gasteiger partial charge in [0.1, 0.15) is 0 Å². The fraction of sp³-hybridized carbons (Fsp3) is 0.143. The van der Waals surface area contributed by atoms with E-state index in [1.807, 2.05) is 0 Å². The number of hydrogen-bond donors (Lipinski definition) is 0. The van der Waals surface area contributed by atoms with Gasteiger partial charge in [0.25, 0.3) is 0 Å². The van der Waals surface area contributed by atoms with E-state index in [-0.39, 0.29) is 0 Å². The maximum absolute atomic E-state index is 2.37. The largest absolute Gasteiger partial charge is 0.311 e. The summed E-state index contributed by atoms with van der Waals surface area (Å²) in [6.07, 6.45) is 5.91. The van der Waals surface area contributed by atoms with Gasteiger partial charge in [0, 0.05) is 17.1 Å². The SMILES string of the molecule is CCc1ccc(-c2ccc(N(c3ccc(-c4ccc5c(c4)CC5)cc3)c3ccc(-c4ccc5c(c4)CC5)cc3)cc2)cc1. The first kappa shape index (κ1) is 25.8. The van der Waals surface area contributed by atoms with Gasteiger partial charge in [0.05, 0.1) is 0 Å². The second-order valence-corrected chi connectivity index (χ2v) is 12.0. The molecule has 0 unspecified atom stereocenters. The molecule has 1 heteroatoms. The highest BCUT2D eigenvalue weighted by molar-refractivity contribution is 5.81. The fourth-order valence-electron chi connectivity index (χ4n) is 6.54. The molecule has 0 radical (unpaired) electrons. The highest BCUT2D eigenvalue weighted by Gasteiger charge is 2.17. The Labute approximate surface area is 255 Å². The Morgan fingerprint density at radius 2 is 0.698 bits per heavy atom. The molecule has 8 rings (SSSR count). The number of rotatable bonds is 7. The van der Waals surface area contributed by atoms with Gasteiger partial charge in [-0.05, 0) is 130 Å². The third kappa shape index (κ3) is 4.85. The molecular formula is C42H35N. The predicted octanol–water partition coefficient (Wildman–Crippen LogP) is 10.9. The normalized spacial score (nSPS) is 13.0. The molecule has 0 aliphatic heterocycles. The van der Waals surface area contributed by atoms with Crippen LogP contribution in [0.1, 0.15) is 34.7 Å². The van der Waals surface area contributed by atoms with Crippen LogP contribution in [0, 0.1) is 0 Å². The lowest BCUT2D eigenvalue weighted by Crippen LogP contribution is -2.10. The zero-order chi connectivity index (χ0) is 28.8. The molecule has 1 nitrogen and oxygen atoms in total. The molecule has 6 aromatic carbocycles. The maximum atomic E-state index is 2.37. The first-order chi connectivity index (χ1) is 21.2. The molecule has 0 saturated carbocycles. The van der Waals surface area contributed by atoms with E-state index in [1.54, 1.807) is 0 Å². The topological polar surface area (TPSA) is 3.24 Å². The van der Waals surface area contributed by atoms with Gasteiger partial charge in [-0.1, -0.05) is 104 Å². The van der Waals surface area contributed by atoms with E-state index in [0.29, 0.717) is 0 Å². The maximum Gasteiger partial charge on any atom is 0.0462 e. The molecule has 208 valence electrons. The summed E-state index contributed by atoms with van der Waals surface area (Å²) in [6.45, 7) is 2.20. The fourth-order valence-corrected chi connectivity index (χ4v) is 6.54. The van der Waals surface area contributed by atoms with Crippen molar-refractivity contribution in [1.29, 1.82) is 0 Å². The van der Waals surface area contributed by atoms with Gasteiger partial charge in [-0.2, -0.15) is 0 Å². The van der Waals surface area contributed by atoms with Crippen molar-refractivity contribution in [3.8, 4) is 33.4 Å². The molecule has 0 spiro atoms. The van der Waals surface area contributed by atoms with Gasteiger partial charge < -0.3 is 4.90 Å². The van der Waals surface area contributed by atoms with Crippen molar-refractivity contribution in [2.45, 2.75) is 39.0 Å². The Hall–Kier alpha value is -4.88. The number of benzene rings is 6. The second kappa shape index (κ2) is 10.7. The standard InChI is InChI=1S/C42H35N/c1-2-29-3-5-30(6-4-29)31-15-21-40(22-16-31)43(41-23-17-34(18-24-41)38-13-9-32-7-11-36(32)27-38)42-25-19-35(20-26-42)39-14-10-33-8-12-37(33)28-39/h3-6,9-10,13-28H,2,7-8,11-12H2,1H3. The molecule has 0 bridgehead atoms. The third-order valence-electron chi connectivity index (χ3n) is 9.48. The van der Waals surface area contributed by atoms with Gasteiger partial charge in [-0.25, -0.2) is 0 Å². The third-order valence-corrected chi connectivity index (χ3v) is 9.48. The molecule has 0 heterocycles. The minimum Gasteiger partial charge on any atom is -0.311 e. The van der Waals surface area contributed by atoms with Crippen molar-refractivity contribution in [2.75, 3.05) is 4.90 Å². The minimum atomic E-state index is 1.06. The van der Waals surface area contributed by atoms with Gasteiger partial charge in [-0.3, -0.25) is 0 Å². The summed E-state index contributed by atoms with van der Waals surface area (Å²) in [5, 5.41) is 0. The van der Waals surface area contributed by atoms with Crippen LogP contribution >= 0.6 is 0 Å². The molecule has 43 heavy (non-hydrogen) atoms. The Balaban J connectivity index is 1.14. The van der Waals surface area contributed by atoms with Crippen LogP contribution < -0.4 is 4.90 Å². The van der Waals surface area contributed by atoms with E-state index in [2.05, 4.69) is 145 Å². The van der Waals surface area contributed by atoms with Crippen molar-refractivity contribution in [2.24, 2.45) is 0 Å². The van der Waals surface area contributed by atoms with E-state index < -0.39 is 0 Å². The van der Waals surface area contributed by atoms with E-state index in [9.17, 15) is 0 Å². The number of aryl methyl sites for hydroxylation is 5. The average molecular weight is 554 g/mol. The summed E-state index contributed by atoms with van der Waals surface area (Å²) < 4.78 is 0. The molecule has 0 fully saturated rings. The number of nitrogens with zero attached hydrogens (tertiary/aromatic N) is 1. The van der Waals surface area contributed by atoms with Crippen LogP contribution in [0.5, 0.6) is 0 Å². The molecule has 0 aromatic heterocycles. The van der Waals surface area contributed by atoms with Crippen LogP contribution in [0.15, 0.2) is 133 Å². The summed E-state index contributed by atoms with van der Waals surface area (Å²) in [5.74, 6) is 0. The van der Waals surface area contributed by atoms with Crippen molar-refractivity contribution in [3.05, 3.63) is 161 Å². The Kier molecular flexibility index (Phi) is 6.45. The quantitative estimate of drug-likeness (QED) is 0.190. The van der Waals surface area contributed by atoms with Crippen LogP contribution in [0.25, 0.3) is 33.4 Å². The van der Waals surface area contributed by atoms with Crippen LogP contribution in [0.2, 0.25) is 0 Å². The molecule has 0 saturated heterocycles. The summed E-state index contributed by atoms with van der Waals surface area (Å²) in [5.41, 5.74) is 18.5. The molecular weight excluding hydrogens is 518 g/mol. The summed E-state index contributed by atoms with van der Waals surface area (Å²) in [6, 6.07) is 49.9. The first-order valence-electron chi connectivity index (χ1n) is 15.7. The van der Waals surface area contributed by atoms with Gasteiger partial charge in [-0.15, -0.1) is 0 Å². The van der Waals surface area contributed by atoms with E-state index in [4.69, 9.17) is 0 Å². The highest BCUT2D eigenvalue weighted by Crippen LogP contribution is 2.38. The van der Waals surface area contributed by atoms with Crippen LogP contribution in [0.4, 0.5) is 17.1 Å². The van der Waals surface area contributed by atoms with Crippen molar-refractivity contribution in [3.63, 3.8) is 0 Å². The van der Waals surface area contributed by atoms with Crippen LogP contribution in [-0.4, -0.2) is 0 Å². The monoisotopic (exact) mass is 553 g/mol. The lowest BCUT2D eigenvalue weighted by molar-refractivity contribution is 0.840. The van der Waals surface area contributed by atoms with E-state index in [1.165, 1.54) is 86.9 Å². The number of fused-ring (bicyclic) bond motifs is 2. The smallest absolute Gasteiger partial charge is 0.0462 e. The second-order valence-electron chi connectivity index (χ2n) is 12.0. The first-order valence-corrected chi connectivity index (χ1v) is 15.7. The molecule has 0 N–H and O–H groups in total. The Morgan fingerprint density at radius 3 is 1.02 bits per heavy atom. The highest BCUT2D eigenvalue weighted by atomic mass is 15.1. The minimum absolute atomic E-state index is 1.06. The van der Waals surface area contributed by atoms with Crippen LogP contribution in [0.3, 0.4) is 0 Å². The van der Waals surface area contributed by atoms with Gasteiger partial charge >= 0.3 is 0 Å². The lowest BCUT2D eigenvalue weighted by Gasteiger charge is -2.26. The molecule has 0 atom stereocenters. The Morgan fingerprint density at radius 1 is 0.372 bits per heavy atom. The summed E-state index contributed by atoms with van der Waals surface area (Å²) in [4.78, 5) is 2.37. The number of hydrogen-bond acceptors (Lipinski definition) is 1. The average Bonchev–Trinajstić information content (AvgIpc) is 3.04. The lowest BCUT2D eigenvalue weighted by atomic mass is 9.86. The summed E-state index contributed by atoms with van der Waals surface area (Å²) in [7, 11) is 0. The van der Waals surface area contributed by atoms with Gasteiger partial charge in [0.15, 0.2) is 0 Å². The molecule has 0 amide bonds. The molecule has 2 aliphatic carbocycles. The number of anilines is 3. The van der Waals surface area contributed by atoms with E-state index in [0.717, 1.165) is 23.5 Å². The zero-order valence-corrected chi connectivity index (χ0v) is 24.7. The van der Waals surface area contributed by atoms with Crippen LogP contribution in [-0.2, 0) is 32.1 Å². The zero-order valence-electron chi connectivity index (χ0n) is 24.7. The van der Waals surface area contributed by atoms with Gasteiger partial charge in [0.2, 0.25) is 0 Å². The summed E-state index contributed by atoms with van der Waals surface area (Å²) >= 11 is 0.